The predicted molar refractivity (Wildman–Crippen MR) is 100 cm³/mol. The molecule has 0 aromatic rings. The lowest BCUT2D eigenvalue weighted by atomic mass is 10.00. The molecule has 0 unspecified atom stereocenters. The van der Waals surface area contributed by atoms with Crippen LogP contribution in [-0.4, -0.2) is 23.0 Å². The van der Waals surface area contributed by atoms with E-state index in [4.69, 9.17) is 5.11 Å². The summed E-state index contributed by atoms with van der Waals surface area (Å²) in [5.74, 6) is -0.647. The van der Waals surface area contributed by atoms with Gasteiger partial charge in [-0.2, -0.15) is 0 Å². The quantitative estimate of drug-likeness (QED) is 0.346. The Labute approximate surface area is 148 Å². The fourth-order valence-electron chi connectivity index (χ4n) is 3.12. The first-order valence-corrected chi connectivity index (χ1v) is 10.0. The molecule has 0 aliphatic heterocycles. The van der Waals surface area contributed by atoms with E-state index in [9.17, 15) is 9.59 Å². The van der Waals surface area contributed by atoms with Crippen LogP contribution in [0.25, 0.3) is 0 Å². The first-order chi connectivity index (χ1) is 11.6. The van der Waals surface area contributed by atoms with E-state index < -0.39 is 5.97 Å². The van der Waals surface area contributed by atoms with E-state index >= 15 is 0 Å². The molecule has 1 atom stereocenters. The lowest BCUT2D eigenvalue weighted by Gasteiger charge is -2.17. The molecule has 0 spiro atoms. The number of nitrogens with one attached hydrogen (secondary N) is 1. The number of hydrogen-bond acceptors (Lipinski definition) is 2. The fourth-order valence-corrected chi connectivity index (χ4v) is 3.12. The number of carboxylic acid groups (broad SMARTS) is 1. The third kappa shape index (κ3) is 17.3. The molecule has 0 aliphatic carbocycles. The smallest absolute Gasteiger partial charge is 0.303 e. The predicted octanol–water partition coefficient (Wildman–Crippen LogP) is 5.45. The molecule has 0 aromatic heterocycles. The molecule has 24 heavy (non-hydrogen) atoms. The van der Waals surface area contributed by atoms with E-state index in [0.29, 0.717) is 6.04 Å². The third-order valence-corrected chi connectivity index (χ3v) is 4.51. The topological polar surface area (TPSA) is 66.4 Å². The zero-order chi connectivity index (χ0) is 18.0. The Kier molecular flexibility index (Phi) is 16.0. The van der Waals surface area contributed by atoms with Crippen LogP contribution >= 0.6 is 0 Å². The van der Waals surface area contributed by atoms with Gasteiger partial charge in [0, 0.05) is 19.4 Å². The standard InChI is InChI=1S/C20H39NO3/c1-3-4-5-6-7-8-9-12-15-19(21-18(2)22)16-13-10-11-14-17-20(23)24/h19H,3-17H2,1-2H3,(H,21,22)(H,23,24)/t19-/m1/s1. The summed E-state index contributed by atoms with van der Waals surface area (Å²) in [7, 11) is 0. The average Bonchev–Trinajstić information content (AvgIpc) is 2.52. The van der Waals surface area contributed by atoms with Crippen LogP contribution in [-0.2, 0) is 9.59 Å². The summed E-state index contributed by atoms with van der Waals surface area (Å²) in [6.45, 7) is 3.84. The molecule has 0 radical (unpaired) electrons. The molecule has 2 N–H and O–H groups in total. The highest BCUT2D eigenvalue weighted by atomic mass is 16.4. The van der Waals surface area contributed by atoms with E-state index in [0.717, 1.165) is 38.5 Å². The van der Waals surface area contributed by atoms with Gasteiger partial charge in [0.2, 0.25) is 5.91 Å². The third-order valence-electron chi connectivity index (χ3n) is 4.51. The van der Waals surface area contributed by atoms with Crippen LogP contribution in [0.4, 0.5) is 0 Å². The number of carbonyl (C=O) groups excluding carboxylic acids is 1. The molecule has 0 bridgehead atoms. The molecule has 4 heteroatoms. The van der Waals surface area contributed by atoms with E-state index in [1.165, 1.54) is 51.4 Å². The van der Waals surface area contributed by atoms with Crippen LogP contribution in [0.5, 0.6) is 0 Å². The van der Waals surface area contributed by atoms with E-state index in [2.05, 4.69) is 12.2 Å². The second-order valence-electron chi connectivity index (χ2n) is 7.01. The normalized spacial score (nSPS) is 12.1. The molecule has 0 aliphatic rings. The molecule has 0 heterocycles. The van der Waals surface area contributed by atoms with Crippen molar-refractivity contribution in [1.29, 1.82) is 0 Å². The molecule has 1 amide bonds. The first kappa shape index (κ1) is 22.9. The minimum Gasteiger partial charge on any atom is -0.481 e. The zero-order valence-electron chi connectivity index (χ0n) is 15.9. The van der Waals surface area contributed by atoms with Gasteiger partial charge in [0.15, 0.2) is 0 Å². The van der Waals surface area contributed by atoms with Gasteiger partial charge in [-0.3, -0.25) is 9.59 Å². The van der Waals surface area contributed by atoms with Crippen molar-refractivity contribution in [3.8, 4) is 0 Å². The van der Waals surface area contributed by atoms with Crippen molar-refractivity contribution in [3.63, 3.8) is 0 Å². The van der Waals surface area contributed by atoms with E-state index in [-0.39, 0.29) is 12.3 Å². The lowest BCUT2D eigenvalue weighted by molar-refractivity contribution is -0.137. The summed E-state index contributed by atoms with van der Waals surface area (Å²) in [5, 5.41) is 11.7. The van der Waals surface area contributed by atoms with E-state index in [1.807, 2.05) is 0 Å². The Morgan fingerprint density at radius 1 is 0.792 bits per heavy atom. The number of amides is 1. The van der Waals surface area contributed by atoms with Crippen molar-refractivity contribution in [3.05, 3.63) is 0 Å². The molecule has 0 fully saturated rings. The number of carboxylic acids is 1. The van der Waals surface area contributed by atoms with E-state index in [1.54, 1.807) is 6.92 Å². The Balaban J connectivity index is 3.66. The zero-order valence-corrected chi connectivity index (χ0v) is 15.9. The highest BCUT2D eigenvalue weighted by molar-refractivity contribution is 5.73. The molecule has 4 nitrogen and oxygen atoms in total. The van der Waals surface area contributed by atoms with Crippen molar-refractivity contribution in [2.45, 2.75) is 116 Å². The van der Waals surface area contributed by atoms with Gasteiger partial charge in [-0.1, -0.05) is 77.6 Å². The second kappa shape index (κ2) is 16.8. The van der Waals surface area contributed by atoms with Gasteiger partial charge in [0.1, 0.15) is 0 Å². The van der Waals surface area contributed by atoms with Crippen LogP contribution in [0.2, 0.25) is 0 Å². The fraction of sp³-hybridized carbons (Fsp3) is 0.900. The Morgan fingerprint density at radius 2 is 1.25 bits per heavy atom. The molecule has 0 rings (SSSR count). The maximum absolute atomic E-state index is 11.3. The number of aliphatic carboxylic acids is 1. The minimum atomic E-state index is -0.708. The van der Waals surface area contributed by atoms with Crippen molar-refractivity contribution in [1.82, 2.24) is 5.32 Å². The summed E-state index contributed by atoms with van der Waals surface area (Å²) in [6, 6.07) is 0.294. The highest BCUT2D eigenvalue weighted by Crippen LogP contribution is 2.14. The molecule has 0 saturated carbocycles. The van der Waals surface area contributed by atoms with Crippen molar-refractivity contribution in [2.75, 3.05) is 0 Å². The molecular weight excluding hydrogens is 302 g/mol. The number of rotatable bonds is 17. The SMILES string of the molecule is CCCCCCCCCC[C@H](CCCCCCC(=O)O)NC(C)=O. The Morgan fingerprint density at radius 3 is 1.71 bits per heavy atom. The number of unbranched alkanes of at least 4 members (excludes halogenated alkanes) is 10. The molecule has 0 saturated heterocycles. The minimum absolute atomic E-state index is 0.0606. The van der Waals surface area contributed by atoms with Gasteiger partial charge in [-0.25, -0.2) is 0 Å². The molecular formula is C20H39NO3. The first-order valence-electron chi connectivity index (χ1n) is 10.0. The monoisotopic (exact) mass is 341 g/mol. The number of hydrogen-bond donors (Lipinski definition) is 2. The van der Waals surface area contributed by atoms with Crippen LogP contribution < -0.4 is 5.32 Å². The van der Waals surface area contributed by atoms with Crippen molar-refractivity contribution >= 4 is 11.9 Å². The average molecular weight is 342 g/mol. The van der Waals surface area contributed by atoms with Gasteiger partial charge >= 0.3 is 5.97 Å². The lowest BCUT2D eigenvalue weighted by Crippen LogP contribution is -2.32. The highest BCUT2D eigenvalue weighted by Gasteiger charge is 2.09. The van der Waals surface area contributed by atoms with Crippen LogP contribution in [0.1, 0.15) is 110 Å². The van der Waals surface area contributed by atoms with Crippen LogP contribution in [0, 0.1) is 0 Å². The summed E-state index contributed by atoms with van der Waals surface area (Å²) in [5.41, 5.74) is 0. The van der Waals surface area contributed by atoms with Gasteiger partial charge in [0.05, 0.1) is 0 Å². The maximum atomic E-state index is 11.3. The Bertz CT molecular complexity index is 318. The van der Waals surface area contributed by atoms with Crippen LogP contribution in [0.15, 0.2) is 0 Å². The second-order valence-corrected chi connectivity index (χ2v) is 7.01. The summed E-state index contributed by atoms with van der Waals surface area (Å²) in [4.78, 5) is 21.8. The van der Waals surface area contributed by atoms with Gasteiger partial charge in [-0.15, -0.1) is 0 Å². The van der Waals surface area contributed by atoms with Crippen molar-refractivity contribution in [2.24, 2.45) is 0 Å². The summed E-state index contributed by atoms with van der Waals surface area (Å²) >= 11 is 0. The van der Waals surface area contributed by atoms with Gasteiger partial charge in [-0.05, 0) is 19.3 Å². The van der Waals surface area contributed by atoms with Crippen molar-refractivity contribution < 1.29 is 14.7 Å². The molecule has 142 valence electrons. The summed E-state index contributed by atoms with van der Waals surface area (Å²) < 4.78 is 0. The summed E-state index contributed by atoms with van der Waals surface area (Å²) in [6.07, 6.45) is 16.7. The van der Waals surface area contributed by atoms with Gasteiger partial charge in [0.25, 0.3) is 0 Å². The Hall–Kier alpha value is -1.06. The largest absolute Gasteiger partial charge is 0.481 e. The maximum Gasteiger partial charge on any atom is 0.303 e. The molecule has 0 aromatic carbocycles. The number of carbonyl (C=O) groups is 2. The van der Waals surface area contributed by atoms with Gasteiger partial charge < -0.3 is 10.4 Å². The van der Waals surface area contributed by atoms with Crippen LogP contribution in [0.3, 0.4) is 0 Å².